The van der Waals surface area contributed by atoms with Crippen molar-refractivity contribution < 1.29 is 0 Å². The summed E-state index contributed by atoms with van der Waals surface area (Å²) >= 11 is 0. The van der Waals surface area contributed by atoms with Gasteiger partial charge in [-0.1, -0.05) is 33.8 Å². The molecule has 1 aromatic heterocycles. The van der Waals surface area contributed by atoms with Gasteiger partial charge in [-0.15, -0.1) is 6.58 Å². The Labute approximate surface area is 130 Å². The highest BCUT2D eigenvalue weighted by molar-refractivity contribution is 5.45. The molecule has 0 radical (unpaired) electrons. The average Bonchev–Trinajstić information content (AvgIpc) is 2.40. The Balaban J connectivity index is 3.25. The van der Waals surface area contributed by atoms with Crippen molar-refractivity contribution in [2.24, 2.45) is 0 Å². The fraction of sp³-hybridized carbons (Fsp3) is 0.611. The van der Waals surface area contributed by atoms with E-state index in [-0.39, 0.29) is 5.41 Å². The molecule has 0 spiro atoms. The van der Waals surface area contributed by atoms with Gasteiger partial charge in [-0.25, -0.2) is 4.98 Å². The fourth-order valence-corrected chi connectivity index (χ4v) is 2.18. The Bertz CT molecular complexity index is 458. The van der Waals surface area contributed by atoms with Crippen LogP contribution in [0.25, 0.3) is 0 Å². The summed E-state index contributed by atoms with van der Waals surface area (Å²) in [7, 11) is 0. The number of rotatable bonds is 7. The molecule has 0 atom stereocenters. The van der Waals surface area contributed by atoms with Crippen molar-refractivity contribution in [1.29, 1.82) is 0 Å². The maximum Gasteiger partial charge on any atom is 0.129 e. The molecule has 3 nitrogen and oxygen atoms in total. The lowest BCUT2D eigenvalue weighted by Crippen LogP contribution is -2.32. The summed E-state index contributed by atoms with van der Waals surface area (Å²) in [5.74, 6) is 1.05. The molecule has 0 unspecified atom stereocenters. The van der Waals surface area contributed by atoms with E-state index in [1.165, 1.54) is 5.56 Å². The Kier molecular flexibility index (Phi) is 6.41. The normalized spacial score (nSPS) is 11.8. The van der Waals surface area contributed by atoms with Crippen molar-refractivity contribution in [3.63, 3.8) is 0 Å². The van der Waals surface area contributed by atoms with Crippen LogP contribution in [0.1, 0.15) is 52.8 Å². The lowest BCUT2D eigenvalue weighted by Gasteiger charge is -2.29. The van der Waals surface area contributed by atoms with Gasteiger partial charge in [-0.3, -0.25) is 0 Å². The van der Waals surface area contributed by atoms with Crippen LogP contribution in [0.5, 0.6) is 0 Å². The van der Waals surface area contributed by atoms with Crippen molar-refractivity contribution in [1.82, 2.24) is 10.3 Å². The minimum atomic E-state index is 0.0494. The van der Waals surface area contributed by atoms with Crippen molar-refractivity contribution in [2.45, 2.75) is 59.5 Å². The zero-order valence-corrected chi connectivity index (χ0v) is 14.5. The van der Waals surface area contributed by atoms with Gasteiger partial charge in [0.2, 0.25) is 0 Å². The molecule has 1 rings (SSSR count). The van der Waals surface area contributed by atoms with E-state index in [4.69, 9.17) is 4.98 Å². The Hall–Kier alpha value is -1.35. The first-order valence-electron chi connectivity index (χ1n) is 7.89. The third-order valence-electron chi connectivity index (χ3n) is 3.46. The Morgan fingerprint density at radius 1 is 1.33 bits per heavy atom. The number of hydrogen-bond donors (Lipinski definition) is 1. The van der Waals surface area contributed by atoms with Crippen LogP contribution in [0.2, 0.25) is 0 Å². The third kappa shape index (κ3) is 5.16. The van der Waals surface area contributed by atoms with Gasteiger partial charge in [0.15, 0.2) is 0 Å². The van der Waals surface area contributed by atoms with E-state index in [9.17, 15) is 0 Å². The average molecular weight is 289 g/mol. The molecule has 1 heterocycles. The van der Waals surface area contributed by atoms with Crippen molar-refractivity contribution >= 4 is 5.82 Å². The third-order valence-corrected chi connectivity index (χ3v) is 3.46. The summed E-state index contributed by atoms with van der Waals surface area (Å²) in [6.07, 6.45) is 1.94. The van der Waals surface area contributed by atoms with Crippen LogP contribution in [0.4, 0.5) is 5.82 Å². The maximum absolute atomic E-state index is 4.90. The van der Waals surface area contributed by atoms with Gasteiger partial charge >= 0.3 is 0 Å². The van der Waals surface area contributed by atoms with Gasteiger partial charge in [0.1, 0.15) is 5.82 Å². The largest absolute Gasteiger partial charge is 0.350 e. The molecule has 0 fully saturated rings. The van der Waals surface area contributed by atoms with Crippen LogP contribution in [-0.4, -0.2) is 24.1 Å². The maximum atomic E-state index is 4.90. The second-order valence-electron chi connectivity index (χ2n) is 6.78. The van der Waals surface area contributed by atoms with Gasteiger partial charge in [-0.05, 0) is 38.1 Å². The van der Waals surface area contributed by atoms with Gasteiger partial charge in [0.25, 0.3) is 0 Å². The van der Waals surface area contributed by atoms with Gasteiger partial charge in [0, 0.05) is 30.2 Å². The minimum Gasteiger partial charge on any atom is -0.350 e. The molecule has 0 amide bonds. The van der Waals surface area contributed by atoms with Crippen LogP contribution in [-0.2, 0) is 12.0 Å². The molecule has 0 saturated heterocycles. The molecule has 0 aliphatic carbocycles. The van der Waals surface area contributed by atoms with Gasteiger partial charge in [0.05, 0.1) is 0 Å². The zero-order chi connectivity index (χ0) is 16.0. The van der Waals surface area contributed by atoms with Crippen LogP contribution >= 0.6 is 0 Å². The lowest BCUT2D eigenvalue weighted by molar-refractivity contribution is 0.563. The summed E-state index contributed by atoms with van der Waals surface area (Å²) < 4.78 is 0. The molecular formula is C18H31N3. The predicted molar refractivity (Wildman–Crippen MR) is 93.0 cm³/mol. The van der Waals surface area contributed by atoms with E-state index < -0.39 is 0 Å². The highest BCUT2D eigenvalue weighted by atomic mass is 15.2. The standard InChI is InChI=1S/C18H31N3/c1-8-10-21(14(3)4)17-12-15(13-19-9-2)11-16(20-17)18(5,6)7/h8,11-12,14,19H,1,9-10,13H2,2-7H3. The molecule has 0 bridgehead atoms. The topological polar surface area (TPSA) is 28.2 Å². The zero-order valence-electron chi connectivity index (χ0n) is 14.5. The van der Waals surface area contributed by atoms with E-state index in [0.29, 0.717) is 6.04 Å². The monoisotopic (exact) mass is 289 g/mol. The SMILES string of the molecule is C=CCN(c1cc(CNCC)cc(C(C)(C)C)n1)C(C)C. The van der Waals surface area contributed by atoms with Crippen LogP contribution in [0.3, 0.4) is 0 Å². The molecule has 118 valence electrons. The van der Waals surface area contributed by atoms with Gasteiger partial charge in [-0.2, -0.15) is 0 Å². The summed E-state index contributed by atoms with van der Waals surface area (Å²) in [5.41, 5.74) is 2.48. The number of nitrogens with one attached hydrogen (secondary N) is 1. The van der Waals surface area contributed by atoms with Gasteiger partial charge < -0.3 is 10.2 Å². The first-order chi connectivity index (χ1) is 9.79. The second-order valence-corrected chi connectivity index (χ2v) is 6.78. The number of nitrogens with zero attached hydrogens (tertiary/aromatic N) is 2. The van der Waals surface area contributed by atoms with E-state index in [0.717, 1.165) is 31.1 Å². The fourth-order valence-electron chi connectivity index (χ4n) is 2.18. The van der Waals surface area contributed by atoms with E-state index >= 15 is 0 Å². The molecule has 0 aliphatic rings. The molecule has 0 aliphatic heterocycles. The minimum absolute atomic E-state index is 0.0494. The molecule has 0 saturated carbocycles. The van der Waals surface area contributed by atoms with Crippen LogP contribution < -0.4 is 10.2 Å². The van der Waals surface area contributed by atoms with Crippen molar-refractivity contribution in [2.75, 3.05) is 18.0 Å². The Morgan fingerprint density at radius 3 is 2.48 bits per heavy atom. The molecule has 0 aromatic carbocycles. The molecular weight excluding hydrogens is 258 g/mol. The second kappa shape index (κ2) is 7.60. The number of pyridine rings is 1. The summed E-state index contributed by atoms with van der Waals surface area (Å²) in [4.78, 5) is 7.19. The van der Waals surface area contributed by atoms with E-state index in [1.54, 1.807) is 0 Å². The summed E-state index contributed by atoms with van der Waals surface area (Å²) in [6.45, 7) is 19.7. The van der Waals surface area contributed by atoms with Crippen molar-refractivity contribution in [3.05, 3.63) is 36.0 Å². The van der Waals surface area contributed by atoms with E-state index in [2.05, 4.69) is 70.5 Å². The quantitative estimate of drug-likeness (QED) is 0.772. The first kappa shape index (κ1) is 17.7. The molecule has 3 heteroatoms. The smallest absolute Gasteiger partial charge is 0.129 e. The highest BCUT2D eigenvalue weighted by Crippen LogP contribution is 2.25. The summed E-state index contributed by atoms with van der Waals surface area (Å²) in [6, 6.07) is 4.82. The van der Waals surface area contributed by atoms with Crippen molar-refractivity contribution in [3.8, 4) is 0 Å². The Morgan fingerprint density at radius 2 is 2.00 bits per heavy atom. The lowest BCUT2D eigenvalue weighted by atomic mass is 9.90. The molecule has 1 aromatic rings. The number of hydrogen-bond acceptors (Lipinski definition) is 3. The van der Waals surface area contributed by atoms with Crippen LogP contribution in [0.15, 0.2) is 24.8 Å². The molecule has 1 N–H and O–H groups in total. The predicted octanol–water partition coefficient (Wildman–Crippen LogP) is 3.89. The summed E-state index contributed by atoms with van der Waals surface area (Å²) in [5, 5.41) is 3.40. The van der Waals surface area contributed by atoms with E-state index in [1.807, 2.05) is 6.08 Å². The number of anilines is 1. The molecule has 21 heavy (non-hydrogen) atoms. The van der Waals surface area contributed by atoms with Crippen LogP contribution in [0, 0.1) is 0 Å². The first-order valence-corrected chi connectivity index (χ1v) is 7.89. The number of aromatic nitrogens is 1. The highest BCUT2D eigenvalue weighted by Gasteiger charge is 2.19.